The van der Waals surface area contributed by atoms with Crippen molar-refractivity contribution in [1.82, 2.24) is 0 Å². The van der Waals surface area contributed by atoms with Crippen molar-refractivity contribution >= 4 is 11.6 Å². The van der Waals surface area contributed by atoms with E-state index in [-0.39, 0.29) is 18.0 Å². The molecule has 16 heavy (non-hydrogen) atoms. The molecule has 1 aromatic rings. The zero-order valence-corrected chi connectivity index (χ0v) is 8.81. The van der Waals surface area contributed by atoms with Gasteiger partial charge in [0.25, 0.3) is 0 Å². The topological polar surface area (TPSA) is 43.4 Å². The van der Waals surface area contributed by atoms with Gasteiger partial charge in [-0.2, -0.15) is 0 Å². The minimum Gasteiger partial charge on any atom is -0.500 e. The zero-order chi connectivity index (χ0) is 11.4. The number of ether oxygens (including phenoxy) is 1. The maximum Gasteiger partial charge on any atom is 0.170 e. The molecule has 0 bridgehead atoms. The standard InChI is InChI=1S/C13H12O3/c14-12(10-4-2-1-3-5-10)8-13(15)11-6-7-16-9-11/h1-5,9H,6-8H2. The van der Waals surface area contributed by atoms with Crippen molar-refractivity contribution in [2.45, 2.75) is 12.8 Å². The van der Waals surface area contributed by atoms with Crippen molar-refractivity contribution in [3.05, 3.63) is 47.7 Å². The van der Waals surface area contributed by atoms with Crippen LogP contribution in [0.25, 0.3) is 0 Å². The number of carbonyl (C=O) groups excluding carboxylic acids is 2. The van der Waals surface area contributed by atoms with Gasteiger partial charge in [-0.15, -0.1) is 0 Å². The van der Waals surface area contributed by atoms with Crippen molar-refractivity contribution in [2.75, 3.05) is 6.61 Å². The highest BCUT2D eigenvalue weighted by molar-refractivity contribution is 6.13. The largest absolute Gasteiger partial charge is 0.500 e. The molecule has 0 amide bonds. The summed E-state index contributed by atoms with van der Waals surface area (Å²) in [5, 5.41) is 0. The summed E-state index contributed by atoms with van der Waals surface area (Å²) < 4.78 is 4.97. The molecule has 3 nitrogen and oxygen atoms in total. The molecule has 0 fully saturated rings. The number of ketones is 2. The summed E-state index contributed by atoms with van der Waals surface area (Å²) in [6.07, 6.45) is 2.00. The molecule has 1 aromatic carbocycles. The maximum atomic E-state index is 11.7. The summed E-state index contributed by atoms with van der Waals surface area (Å²) in [4.78, 5) is 23.4. The number of carbonyl (C=O) groups is 2. The summed E-state index contributed by atoms with van der Waals surface area (Å²) >= 11 is 0. The first-order chi connectivity index (χ1) is 7.77. The van der Waals surface area contributed by atoms with Gasteiger partial charge in [-0.1, -0.05) is 30.3 Å². The molecule has 0 aliphatic carbocycles. The monoisotopic (exact) mass is 216 g/mol. The number of rotatable bonds is 4. The van der Waals surface area contributed by atoms with Gasteiger partial charge in [0.2, 0.25) is 0 Å². The van der Waals surface area contributed by atoms with E-state index in [1.807, 2.05) is 6.07 Å². The van der Waals surface area contributed by atoms with Crippen LogP contribution in [0.4, 0.5) is 0 Å². The molecule has 0 saturated carbocycles. The fourth-order valence-electron chi connectivity index (χ4n) is 1.58. The van der Waals surface area contributed by atoms with E-state index >= 15 is 0 Å². The fraction of sp³-hybridized carbons (Fsp3) is 0.231. The third-order valence-corrected chi connectivity index (χ3v) is 2.49. The highest BCUT2D eigenvalue weighted by Gasteiger charge is 2.18. The van der Waals surface area contributed by atoms with Crippen LogP contribution in [0.1, 0.15) is 23.2 Å². The Morgan fingerprint density at radius 2 is 1.88 bits per heavy atom. The van der Waals surface area contributed by atoms with Gasteiger partial charge < -0.3 is 4.74 Å². The lowest BCUT2D eigenvalue weighted by molar-refractivity contribution is -0.114. The predicted molar refractivity (Wildman–Crippen MR) is 59.0 cm³/mol. The van der Waals surface area contributed by atoms with Crippen LogP contribution in [0.5, 0.6) is 0 Å². The Balaban J connectivity index is 2.00. The molecular weight excluding hydrogens is 204 g/mol. The van der Waals surface area contributed by atoms with Gasteiger partial charge in [-0.3, -0.25) is 9.59 Å². The lowest BCUT2D eigenvalue weighted by atomic mass is 10.0. The first-order valence-corrected chi connectivity index (χ1v) is 5.19. The van der Waals surface area contributed by atoms with Crippen LogP contribution in [0, 0.1) is 0 Å². The van der Waals surface area contributed by atoms with Gasteiger partial charge in [0.15, 0.2) is 11.6 Å². The van der Waals surface area contributed by atoms with E-state index in [1.54, 1.807) is 24.3 Å². The highest BCUT2D eigenvalue weighted by Crippen LogP contribution is 2.14. The Labute approximate surface area is 93.7 Å². The average molecular weight is 216 g/mol. The number of hydrogen-bond acceptors (Lipinski definition) is 3. The molecule has 0 N–H and O–H groups in total. The molecule has 1 aliphatic rings. The van der Waals surface area contributed by atoms with Gasteiger partial charge in [-0.25, -0.2) is 0 Å². The Morgan fingerprint density at radius 1 is 1.12 bits per heavy atom. The molecule has 1 heterocycles. The van der Waals surface area contributed by atoms with E-state index in [9.17, 15) is 9.59 Å². The van der Waals surface area contributed by atoms with Crippen LogP contribution in [-0.2, 0) is 9.53 Å². The molecule has 0 saturated heterocycles. The van der Waals surface area contributed by atoms with Gasteiger partial charge in [0.05, 0.1) is 19.3 Å². The first kappa shape index (κ1) is 10.6. The molecule has 0 atom stereocenters. The minimum absolute atomic E-state index is 0.0702. The van der Waals surface area contributed by atoms with Crippen molar-refractivity contribution < 1.29 is 14.3 Å². The number of hydrogen-bond donors (Lipinski definition) is 0. The quantitative estimate of drug-likeness (QED) is 0.572. The Morgan fingerprint density at radius 3 is 2.50 bits per heavy atom. The molecule has 2 rings (SSSR count). The van der Waals surface area contributed by atoms with Crippen LogP contribution in [0.15, 0.2) is 42.2 Å². The molecule has 3 heteroatoms. The van der Waals surface area contributed by atoms with Crippen LogP contribution >= 0.6 is 0 Å². The van der Waals surface area contributed by atoms with E-state index in [0.29, 0.717) is 24.2 Å². The number of benzene rings is 1. The predicted octanol–water partition coefficient (Wildman–Crippen LogP) is 2.13. The second kappa shape index (κ2) is 4.75. The summed E-state index contributed by atoms with van der Waals surface area (Å²) in [5.41, 5.74) is 1.19. The Kier molecular flexibility index (Phi) is 3.15. The van der Waals surface area contributed by atoms with Gasteiger partial charge in [0.1, 0.15) is 0 Å². The molecule has 0 unspecified atom stereocenters. The second-order valence-electron chi connectivity index (χ2n) is 3.65. The lowest BCUT2D eigenvalue weighted by Crippen LogP contribution is -2.09. The second-order valence-corrected chi connectivity index (χ2v) is 3.65. The van der Waals surface area contributed by atoms with Crippen molar-refractivity contribution in [3.8, 4) is 0 Å². The summed E-state index contributed by atoms with van der Waals surface area (Å²) in [5.74, 6) is -0.273. The average Bonchev–Trinajstić information content (AvgIpc) is 2.83. The van der Waals surface area contributed by atoms with Crippen LogP contribution in [-0.4, -0.2) is 18.2 Å². The van der Waals surface area contributed by atoms with Crippen LogP contribution in [0.2, 0.25) is 0 Å². The molecule has 1 aliphatic heterocycles. The smallest absolute Gasteiger partial charge is 0.170 e. The van der Waals surface area contributed by atoms with Gasteiger partial charge in [-0.05, 0) is 0 Å². The van der Waals surface area contributed by atoms with E-state index in [0.717, 1.165) is 0 Å². The highest BCUT2D eigenvalue weighted by atomic mass is 16.5. The SMILES string of the molecule is O=C(CC(=O)c1ccccc1)C1=COCC1. The van der Waals surface area contributed by atoms with Gasteiger partial charge in [0, 0.05) is 17.6 Å². The van der Waals surface area contributed by atoms with Gasteiger partial charge >= 0.3 is 0 Å². The fourth-order valence-corrected chi connectivity index (χ4v) is 1.58. The maximum absolute atomic E-state index is 11.7. The van der Waals surface area contributed by atoms with Crippen molar-refractivity contribution in [1.29, 1.82) is 0 Å². The van der Waals surface area contributed by atoms with E-state index in [2.05, 4.69) is 0 Å². The normalized spacial score (nSPS) is 14.1. The Hall–Kier alpha value is -1.90. The lowest BCUT2D eigenvalue weighted by Gasteiger charge is -2.00. The third kappa shape index (κ3) is 2.37. The van der Waals surface area contributed by atoms with Crippen LogP contribution < -0.4 is 0 Å². The van der Waals surface area contributed by atoms with E-state index < -0.39 is 0 Å². The summed E-state index contributed by atoms with van der Waals surface area (Å²) in [6.45, 7) is 0.542. The first-order valence-electron chi connectivity index (χ1n) is 5.19. The Bertz CT molecular complexity index is 432. The van der Waals surface area contributed by atoms with Crippen LogP contribution in [0.3, 0.4) is 0 Å². The molecule has 0 spiro atoms. The van der Waals surface area contributed by atoms with E-state index in [1.165, 1.54) is 6.26 Å². The zero-order valence-electron chi connectivity index (χ0n) is 8.81. The summed E-state index contributed by atoms with van der Waals surface area (Å²) in [6, 6.07) is 8.85. The van der Waals surface area contributed by atoms with E-state index in [4.69, 9.17) is 4.74 Å². The molecule has 82 valence electrons. The van der Waals surface area contributed by atoms with Crippen molar-refractivity contribution in [2.24, 2.45) is 0 Å². The molecular formula is C13H12O3. The van der Waals surface area contributed by atoms with Crippen molar-refractivity contribution in [3.63, 3.8) is 0 Å². The minimum atomic E-state index is -0.140. The third-order valence-electron chi connectivity index (χ3n) is 2.49. The summed E-state index contributed by atoms with van der Waals surface area (Å²) in [7, 11) is 0. The molecule has 0 radical (unpaired) electrons. The number of Topliss-reactive ketones (excluding diaryl/α,β-unsaturated/α-hetero) is 2. The molecule has 0 aromatic heterocycles.